The maximum Gasteiger partial charge on any atom is 0.264 e. The minimum Gasteiger partial charge on any atom is -0.457 e. The molecular formula is C35H39N3O5S. The predicted molar refractivity (Wildman–Crippen MR) is 173 cm³/mol. The van der Waals surface area contributed by atoms with Gasteiger partial charge in [-0.05, 0) is 73.9 Å². The number of rotatable bonds is 13. The van der Waals surface area contributed by atoms with Crippen LogP contribution in [0.1, 0.15) is 31.9 Å². The summed E-state index contributed by atoms with van der Waals surface area (Å²) in [6.45, 7) is 7.59. The summed E-state index contributed by atoms with van der Waals surface area (Å²) in [6, 6.07) is 30.7. The molecule has 4 aromatic carbocycles. The molecule has 1 N–H and O–H groups in total. The Bertz CT molecular complexity index is 1630. The molecule has 4 aromatic rings. The minimum absolute atomic E-state index is 0.0536. The molecule has 0 aliphatic rings. The van der Waals surface area contributed by atoms with Crippen molar-refractivity contribution in [3.05, 3.63) is 120 Å². The first-order valence-corrected chi connectivity index (χ1v) is 16.0. The lowest BCUT2D eigenvalue weighted by Crippen LogP contribution is -2.51. The summed E-state index contributed by atoms with van der Waals surface area (Å²) in [7, 11) is -4.17. The molecule has 0 aliphatic carbocycles. The van der Waals surface area contributed by atoms with E-state index in [0.29, 0.717) is 18.0 Å². The average Bonchev–Trinajstić information content (AvgIpc) is 3.02. The van der Waals surface area contributed by atoms with Crippen LogP contribution in [-0.4, -0.2) is 44.3 Å². The number of amides is 2. The molecule has 0 heterocycles. The number of ether oxygens (including phenoxy) is 1. The SMILES string of the molecule is Cc1ccc(S(=O)(=O)N(CC(=O)N(Cc2ccccc2)C(C)C(=O)NCC(C)C)c2ccc(Oc3ccccc3)cc2)cc1. The number of para-hydroxylation sites is 1. The third kappa shape index (κ3) is 8.48. The summed E-state index contributed by atoms with van der Waals surface area (Å²) in [6.07, 6.45) is 0. The Labute approximate surface area is 260 Å². The van der Waals surface area contributed by atoms with Crippen molar-refractivity contribution in [2.45, 2.75) is 45.2 Å². The standard InChI is InChI=1S/C35H39N3O5S/c1-26(2)23-36-35(40)28(4)37(24-29-11-7-5-8-12-29)34(39)25-38(44(41,42)33-21-15-27(3)16-22-33)30-17-19-32(20-18-30)43-31-13-9-6-10-14-31/h5-22,26,28H,23-25H2,1-4H3,(H,36,40). The van der Waals surface area contributed by atoms with Crippen LogP contribution in [-0.2, 0) is 26.2 Å². The van der Waals surface area contributed by atoms with E-state index >= 15 is 0 Å². The predicted octanol–water partition coefficient (Wildman–Crippen LogP) is 6.17. The van der Waals surface area contributed by atoms with Gasteiger partial charge in [0.15, 0.2) is 0 Å². The molecule has 0 saturated heterocycles. The van der Waals surface area contributed by atoms with Crippen LogP contribution in [0.2, 0.25) is 0 Å². The van der Waals surface area contributed by atoms with Crippen molar-refractivity contribution in [1.82, 2.24) is 10.2 Å². The summed E-state index contributed by atoms with van der Waals surface area (Å²) in [5, 5.41) is 2.90. The number of nitrogens with one attached hydrogen (secondary N) is 1. The van der Waals surface area contributed by atoms with Crippen molar-refractivity contribution in [2.75, 3.05) is 17.4 Å². The van der Waals surface area contributed by atoms with E-state index in [1.54, 1.807) is 43.3 Å². The maximum absolute atomic E-state index is 14.1. The third-order valence-corrected chi connectivity index (χ3v) is 8.83. The fourth-order valence-corrected chi connectivity index (χ4v) is 5.90. The summed E-state index contributed by atoms with van der Waals surface area (Å²) in [5.74, 6) is 0.564. The van der Waals surface area contributed by atoms with Gasteiger partial charge in [0.1, 0.15) is 24.1 Å². The zero-order valence-corrected chi connectivity index (χ0v) is 26.3. The van der Waals surface area contributed by atoms with Crippen LogP contribution in [0.25, 0.3) is 0 Å². The van der Waals surface area contributed by atoms with E-state index < -0.39 is 28.5 Å². The molecule has 44 heavy (non-hydrogen) atoms. The number of carbonyl (C=O) groups is 2. The van der Waals surface area contributed by atoms with E-state index in [2.05, 4.69) is 5.32 Å². The van der Waals surface area contributed by atoms with Gasteiger partial charge in [0.25, 0.3) is 10.0 Å². The average molecular weight is 614 g/mol. The number of carbonyl (C=O) groups excluding carboxylic acids is 2. The van der Waals surface area contributed by atoms with E-state index in [4.69, 9.17) is 4.74 Å². The van der Waals surface area contributed by atoms with Gasteiger partial charge in [-0.1, -0.05) is 80.1 Å². The van der Waals surface area contributed by atoms with Gasteiger partial charge in [0, 0.05) is 13.1 Å². The zero-order valence-electron chi connectivity index (χ0n) is 25.5. The van der Waals surface area contributed by atoms with Crippen LogP contribution in [0.3, 0.4) is 0 Å². The quantitative estimate of drug-likeness (QED) is 0.195. The van der Waals surface area contributed by atoms with Gasteiger partial charge in [0.2, 0.25) is 11.8 Å². The van der Waals surface area contributed by atoms with Crippen LogP contribution in [0.5, 0.6) is 11.5 Å². The smallest absolute Gasteiger partial charge is 0.264 e. The number of benzene rings is 4. The van der Waals surface area contributed by atoms with Crippen LogP contribution in [0.15, 0.2) is 114 Å². The molecule has 1 unspecified atom stereocenters. The topological polar surface area (TPSA) is 96.0 Å². The van der Waals surface area contributed by atoms with Crippen LogP contribution < -0.4 is 14.4 Å². The number of sulfonamides is 1. The fraction of sp³-hybridized carbons (Fsp3) is 0.257. The molecule has 1 atom stereocenters. The summed E-state index contributed by atoms with van der Waals surface area (Å²) in [5.41, 5.74) is 2.01. The Balaban J connectivity index is 1.68. The molecule has 0 saturated carbocycles. The van der Waals surface area contributed by atoms with Gasteiger partial charge < -0.3 is 15.0 Å². The van der Waals surface area contributed by atoms with Crippen LogP contribution >= 0.6 is 0 Å². The Morgan fingerprint density at radius 2 is 1.34 bits per heavy atom. The molecule has 0 fully saturated rings. The Morgan fingerprint density at radius 3 is 1.93 bits per heavy atom. The number of nitrogens with zero attached hydrogens (tertiary/aromatic N) is 2. The lowest BCUT2D eigenvalue weighted by atomic mass is 10.1. The highest BCUT2D eigenvalue weighted by molar-refractivity contribution is 7.92. The first-order chi connectivity index (χ1) is 21.0. The van der Waals surface area contributed by atoms with Gasteiger partial charge in [-0.25, -0.2) is 8.42 Å². The monoisotopic (exact) mass is 613 g/mol. The minimum atomic E-state index is -4.17. The second-order valence-corrected chi connectivity index (χ2v) is 12.9. The highest BCUT2D eigenvalue weighted by Gasteiger charge is 2.32. The van der Waals surface area contributed by atoms with Gasteiger partial charge >= 0.3 is 0 Å². The highest BCUT2D eigenvalue weighted by atomic mass is 32.2. The Hall–Kier alpha value is -4.63. The third-order valence-electron chi connectivity index (χ3n) is 7.04. The Morgan fingerprint density at radius 1 is 0.773 bits per heavy atom. The molecule has 0 spiro atoms. The highest BCUT2D eigenvalue weighted by Crippen LogP contribution is 2.28. The molecule has 8 nitrogen and oxygen atoms in total. The summed E-state index contributed by atoms with van der Waals surface area (Å²) >= 11 is 0. The maximum atomic E-state index is 14.1. The van der Waals surface area contributed by atoms with E-state index in [0.717, 1.165) is 15.4 Å². The van der Waals surface area contributed by atoms with Crippen molar-refractivity contribution < 1.29 is 22.7 Å². The molecule has 9 heteroatoms. The first kappa shape index (κ1) is 32.3. The van der Waals surface area contributed by atoms with E-state index in [9.17, 15) is 18.0 Å². The molecule has 230 valence electrons. The molecule has 4 rings (SSSR count). The van der Waals surface area contributed by atoms with Crippen LogP contribution in [0, 0.1) is 12.8 Å². The van der Waals surface area contributed by atoms with Crippen molar-refractivity contribution in [2.24, 2.45) is 5.92 Å². The summed E-state index contributed by atoms with van der Waals surface area (Å²) in [4.78, 5) is 28.7. The number of hydrogen-bond donors (Lipinski definition) is 1. The van der Waals surface area contributed by atoms with E-state index in [1.807, 2.05) is 81.4 Å². The lowest BCUT2D eigenvalue weighted by Gasteiger charge is -2.32. The molecule has 0 bridgehead atoms. The second kappa shape index (κ2) is 14.7. The van der Waals surface area contributed by atoms with Gasteiger partial charge in [-0.15, -0.1) is 0 Å². The largest absolute Gasteiger partial charge is 0.457 e. The number of aryl methyl sites for hydroxylation is 1. The molecular weight excluding hydrogens is 574 g/mol. The van der Waals surface area contributed by atoms with Gasteiger partial charge in [-0.3, -0.25) is 13.9 Å². The van der Waals surface area contributed by atoms with E-state index in [1.165, 1.54) is 17.0 Å². The summed E-state index contributed by atoms with van der Waals surface area (Å²) < 4.78 is 35.1. The van der Waals surface area contributed by atoms with E-state index in [-0.39, 0.29) is 29.0 Å². The van der Waals surface area contributed by atoms with Gasteiger partial charge in [-0.2, -0.15) is 0 Å². The number of hydrogen-bond acceptors (Lipinski definition) is 5. The van der Waals surface area contributed by atoms with Crippen LogP contribution in [0.4, 0.5) is 5.69 Å². The second-order valence-electron chi connectivity index (χ2n) is 11.1. The molecule has 0 aromatic heterocycles. The van der Waals surface area contributed by atoms with Crippen molar-refractivity contribution in [1.29, 1.82) is 0 Å². The molecule has 0 radical (unpaired) electrons. The number of anilines is 1. The fourth-order valence-electron chi connectivity index (χ4n) is 4.49. The Kier molecular flexibility index (Phi) is 10.8. The lowest BCUT2D eigenvalue weighted by molar-refractivity contribution is -0.139. The molecule has 2 amide bonds. The van der Waals surface area contributed by atoms with Crippen molar-refractivity contribution in [3.63, 3.8) is 0 Å². The van der Waals surface area contributed by atoms with Crippen molar-refractivity contribution in [3.8, 4) is 11.5 Å². The first-order valence-electron chi connectivity index (χ1n) is 14.6. The van der Waals surface area contributed by atoms with Gasteiger partial charge in [0.05, 0.1) is 10.6 Å². The normalized spacial score (nSPS) is 11.9. The molecule has 0 aliphatic heterocycles. The zero-order chi connectivity index (χ0) is 31.7. The van der Waals surface area contributed by atoms with Crippen molar-refractivity contribution >= 4 is 27.5 Å².